The van der Waals surface area contributed by atoms with Gasteiger partial charge in [-0.25, -0.2) is 0 Å². The van der Waals surface area contributed by atoms with Gasteiger partial charge in [0.2, 0.25) is 0 Å². The molecule has 1 rings (SSSR count). The van der Waals surface area contributed by atoms with E-state index in [4.69, 9.17) is 5.41 Å². The first kappa shape index (κ1) is 9.13. The van der Waals surface area contributed by atoms with Gasteiger partial charge in [0.1, 0.15) is 0 Å². The van der Waals surface area contributed by atoms with Crippen LogP contribution in [0.3, 0.4) is 0 Å². The van der Waals surface area contributed by atoms with Gasteiger partial charge in [0.25, 0.3) is 0 Å². The van der Waals surface area contributed by atoms with Crippen LogP contribution in [0, 0.1) is 5.41 Å². The van der Waals surface area contributed by atoms with Crippen LogP contribution in [0.5, 0.6) is 0 Å². The van der Waals surface area contributed by atoms with E-state index in [-0.39, 0.29) is 0 Å². The molecule has 0 amide bonds. The van der Waals surface area contributed by atoms with Crippen molar-refractivity contribution in [1.29, 1.82) is 5.41 Å². The van der Waals surface area contributed by atoms with Gasteiger partial charge in [-0.3, -0.25) is 0 Å². The molecule has 0 spiro atoms. The van der Waals surface area contributed by atoms with E-state index in [0.717, 1.165) is 11.3 Å². The molecule has 2 N–H and O–H groups in total. The van der Waals surface area contributed by atoms with Crippen molar-refractivity contribution in [2.45, 2.75) is 6.92 Å². The number of rotatable bonds is 3. The number of benzene rings is 1. The van der Waals surface area contributed by atoms with Gasteiger partial charge in [-0.05, 0) is 13.0 Å². The van der Waals surface area contributed by atoms with Crippen molar-refractivity contribution in [3.8, 4) is 0 Å². The van der Waals surface area contributed by atoms with Gasteiger partial charge >= 0.3 is 0 Å². The molecule has 0 unspecified atom stereocenters. The summed E-state index contributed by atoms with van der Waals surface area (Å²) in [4.78, 5) is 0. The molecule has 0 aliphatic rings. The predicted molar refractivity (Wildman–Crippen MR) is 56.1 cm³/mol. The van der Waals surface area contributed by atoms with E-state index in [9.17, 15) is 0 Å². The Morgan fingerprint density at radius 3 is 2.67 bits per heavy atom. The molecule has 2 nitrogen and oxygen atoms in total. The van der Waals surface area contributed by atoms with Crippen LogP contribution in [0.25, 0.3) is 0 Å². The summed E-state index contributed by atoms with van der Waals surface area (Å²) in [6.45, 7) is 1.79. The highest BCUT2D eigenvalue weighted by Crippen LogP contribution is 2.17. The Morgan fingerprint density at radius 2 is 2.08 bits per heavy atom. The van der Waals surface area contributed by atoms with Crippen molar-refractivity contribution in [3.05, 3.63) is 29.8 Å². The highest BCUT2D eigenvalue weighted by atomic mass is 32.2. The lowest BCUT2D eigenvalue weighted by molar-refractivity contribution is 1.46. The lowest BCUT2D eigenvalue weighted by atomic mass is 10.1. The third-order valence-corrected chi connectivity index (χ3v) is 1.97. The van der Waals surface area contributed by atoms with Crippen molar-refractivity contribution >= 4 is 23.3 Å². The predicted octanol–water partition coefficient (Wildman–Crippen LogP) is 2.76. The fourth-order valence-electron chi connectivity index (χ4n) is 1.01. The molecule has 0 aliphatic carbocycles. The largest absolute Gasteiger partial charge is 0.329 e. The Bertz CT molecular complexity index is 284. The molecule has 0 heterocycles. The lowest BCUT2D eigenvalue weighted by Gasteiger charge is -2.07. The van der Waals surface area contributed by atoms with Crippen molar-refractivity contribution < 1.29 is 0 Å². The Morgan fingerprint density at radius 1 is 1.42 bits per heavy atom. The summed E-state index contributed by atoms with van der Waals surface area (Å²) in [5.74, 6) is 0. The maximum atomic E-state index is 7.51. The number of hydrogen-bond donors (Lipinski definition) is 2. The molecule has 0 fully saturated rings. The monoisotopic (exact) mass is 180 g/mol. The zero-order valence-electron chi connectivity index (χ0n) is 7.22. The van der Waals surface area contributed by atoms with Crippen LogP contribution in [-0.2, 0) is 0 Å². The second-order valence-corrected chi connectivity index (χ2v) is 3.09. The summed E-state index contributed by atoms with van der Waals surface area (Å²) < 4.78 is 3.13. The van der Waals surface area contributed by atoms with Gasteiger partial charge in [-0.15, -0.1) is 0 Å². The van der Waals surface area contributed by atoms with Crippen LogP contribution in [0.1, 0.15) is 12.5 Å². The number of para-hydroxylation sites is 1. The van der Waals surface area contributed by atoms with Gasteiger partial charge in [-0.2, -0.15) is 0 Å². The summed E-state index contributed by atoms with van der Waals surface area (Å²) >= 11 is 1.54. The molecular weight excluding hydrogens is 168 g/mol. The average Bonchev–Trinajstić information content (AvgIpc) is 2.05. The zero-order valence-corrected chi connectivity index (χ0v) is 8.03. The molecule has 0 saturated carbocycles. The quantitative estimate of drug-likeness (QED) is 0.554. The lowest BCUT2D eigenvalue weighted by Crippen LogP contribution is -1.97. The van der Waals surface area contributed by atoms with Gasteiger partial charge in [-0.1, -0.05) is 30.1 Å². The number of anilines is 1. The summed E-state index contributed by atoms with van der Waals surface area (Å²) in [6, 6.07) is 7.83. The molecule has 0 bridgehead atoms. The Balaban J connectivity index is 3.00. The van der Waals surface area contributed by atoms with Crippen molar-refractivity contribution in [1.82, 2.24) is 0 Å². The molecular formula is C9H12N2S. The van der Waals surface area contributed by atoms with Crippen LogP contribution < -0.4 is 4.72 Å². The van der Waals surface area contributed by atoms with E-state index in [1.165, 1.54) is 11.9 Å². The van der Waals surface area contributed by atoms with Crippen LogP contribution >= 0.6 is 11.9 Å². The number of hydrogen-bond acceptors (Lipinski definition) is 3. The first-order valence-electron chi connectivity index (χ1n) is 3.69. The first-order valence-corrected chi connectivity index (χ1v) is 4.91. The van der Waals surface area contributed by atoms with Gasteiger partial charge < -0.3 is 10.1 Å². The fraction of sp³-hybridized carbons (Fsp3) is 0.222. The minimum Gasteiger partial charge on any atom is -0.329 e. The fourth-order valence-corrected chi connectivity index (χ4v) is 1.41. The molecule has 0 saturated heterocycles. The molecule has 0 aliphatic heterocycles. The maximum absolute atomic E-state index is 7.51. The molecule has 0 radical (unpaired) electrons. The van der Waals surface area contributed by atoms with Gasteiger partial charge in [0.05, 0.1) is 5.69 Å². The second kappa shape index (κ2) is 4.16. The van der Waals surface area contributed by atoms with Crippen LogP contribution in [-0.4, -0.2) is 12.0 Å². The van der Waals surface area contributed by atoms with E-state index in [2.05, 4.69) is 4.72 Å². The highest BCUT2D eigenvalue weighted by Gasteiger charge is 2.00. The number of nitrogens with one attached hydrogen (secondary N) is 2. The smallest absolute Gasteiger partial charge is 0.0530 e. The van der Waals surface area contributed by atoms with E-state index in [1.54, 1.807) is 6.92 Å². The van der Waals surface area contributed by atoms with Crippen LogP contribution in [0.2, 0.25) is 0 Å². The first-order chi connectivity index (χ1) is 5.75. The Labute approximate surface area is 77.0 Å². The van der Waals surface area contributed by atoms with E-state index in [1.807, 2.05) is 30.5 Å². The molecule has 1 aromatic rings. The van der Waals surface area contributed by atoms with E-state index < -0.39 is 0 Å². The SMILES string of the molecule is CSNc1ccccc1C(C)=N. The van der Waals surface area contributed by atoms with E-state index >= 15 is 0 Å². The summed E-state index contributed by atoms with van der Waals surface area (Å²) in [6.07, 6.45) is 1.97. The zero-order chi connectivity index (χ0) is 8.97. The van der Waals surface area contributed by atoms with Crippen molar-refractivity contribution in [2.24, 2.45) is 0 Å². The standard InChI is InChI=1S/C9H12N2S/c1-7(10)8-5-3-4-6-9(8)11-12-2/h3-6,10-11H,1-2H3. The molecule has 12 heavy (non-hydrogen) atoms. The second-order valence-electron chi connectivity index (χ2n) is 2.48. The maximum Gasteiger partial charge on any atom is 0.0530 e. The Hall–Kier alpha value is -0.960. The van der Waals surface area contributed by atoms with Crippen molar-refractivity contribution in [3.63, 3.8) is 0 Å². The minimum absolute atomic E-state index is 0.590. The van der Waals surface area contributed by atoms with Crippen LogP contribution in [0.4, 0.5) is 5.69 Å². The summed E-state index contributed by atoms with van der Waals surface area (Å²) in [5.41, 5.74) is 2.57. The molecule has 64 valence electrons. The van der Waals surface area contributed by atoms with Crippen molar-refractivity contribution in [2.75, 3.05) is 11.0 Å². The molecule has 0 atom stereocenters. The average molecular weight is 180 g/mol. The molecule has 0 aromatic heterocycles. The normalized spacial score (nSPS) is 9.50. The third kappa shape index (κ3) is 2.01. The Kier molecular flexibility index (Phi) is 3.17. The molecule has 1 aromatic carbocycles. The van der Waals surface area contributed by atoms with E-state index in [0.29, 0.717) is 5.71 Å². The van der Waals surface area contributed by atoms with Gasteiger partial charge in [0.15, 0.2) is 0 Å². The topological polar surface area (TPSA) is 35.9 Å². The summed E-state index contributed by atoms with van der Waals surface area (Å²) in [5, 5.41) is 7.51. The summed E-state index contributed by atoms with van der Waals surface area (Å²) in [7, 11) is 0. The van der Waals surface area contributed by atoms with Gasteiger partial charge in [0, 0.05) is 17.5 Å². The minimum atomic E-state index is 0.590. The third-order valence-electron chi connectivity index (χ3n) is 1.54. The van der Waals surface area contributed by atoms with Crippen LogP contribution in [0.15, 0.2) is 24.3 Å². The molecule has 3 heteroatoms. The highest BCUT2D eigenvalue weighted by molar-refractivity contribution is 7.99.